The van der Waals surface area contributed by atoms with Crippen LogP contribution in [0.15, 0.2) is 30.3 Å². The fourth-order valence-corrected chi connectivity index (χ4v) is 2.45. The van der Waals surface area contributed by atoms with Gasteiger partial charge in [-0.05, 0) is 5.56 Å². The predicted octanol–water partition coefficient (Wildman–Crippen LogP) is 1.69. The summed E-state index contributed by atoms with van der Waals surface area (Å²) in [5, 5.41) is 1.84. The van der Waals surface area contributed by atoms with Gasteiger partial charge < -0.3 is 5.32 Å². The Morgan fingerprint density at radius 3 is 2.23 bits per heavy atom. The molecule has 22 heavy (non-hydrogen) atoms. The van der Waals surface area contributed by atoms with E-state index < -0.39 is 40.3 Å². The number of nitrogens with one attached hydrogen (secondary N) is 1. The molecule has 0 radical (unpaired) electrons. The van der Waals surface area contributed by atoms with Crippen molar-refractivity contribution in [1.29, 1.82) is 0 Å². The summed E-state index contributed by atoms with van der Waals surface area (Å²) in [4.78, 5) is 11.6. The standard InChI is InChI=1S/C13H17F3N2O3S/c1-18(2)22(20,21)9-8-11(19)17-12(13(14,15)16)10-6-4-3-5-7-10/h3-7,12H,8-9H2,1-2H3,(H,17,19)/t12-/m1/s1. The maximum Gasteiger partial charge on any atom is 0.412 e. The first kappa shape index (κ1) is 18.4. The molecule has 0 bridgehead atoms. The summed E-state index contributed by atoms with van der Waals surface area (Å²) >= 11 is 0. The second-order valence-electron chi connectivity index (χ2n) is 4.80. The van der Waals surface area contributed by atoms with Crippen molar-refractivity contribution in [3.63, 3.8) is 0 Å². The van der Waals surface area contributed by atoms with E-state index in [2.05, 4.69) is 0 Å². The molecule has 0 unspecified atom stereocenters. The van der Waals surface area contributed by atoms with E-state index in [1.54, 1.807) is 6.07 Å². The molecule has 0 saturated heterocycles. The average Bonchev–Trinajstić information content (AvgIpc) is 2.42. The zero-order valence-corrected chi connectivity index (χ0v) is 12.9. The maximum absolute atomic E-state index is 13.0. The Morgan fingerprint density at radius 2 is 1.77 bits per heavy atom. The highest BCUT2D eigenvalue weighted by Gasteiger charge is 2.41. The Balaban J connectivity index is 2.78. The molecule has 0 aliphatic rings. The lowest BCUT2D eigenvalue weighted by molar-refractivity contribution is -0.163. The molecule has 9 heteroatoms. The summed E-state index contributed by atoms with van der Waals surface area (Å²) in [7, 11) is -1.06. The van der Waals surface area contributed by atoms with E-state index >= 15 is 0 Å². The van der Waals surface area contributed by atoms with Crippen molar-refractivity contribution in [3.8, 4) is 0 Å². The second-order valence-corrected chi connectivity index (χ2v) is 7.10. The molecule has 0 heterocycles. The van der Waals surface area contributed by atoms with Gasteiger partial charge in [-0.1, -0.05) is 30.3 Å². The van der Waals surface area contributed by atoms with Crippen LogP contribution in [0.5, 0.6) is 0 Å². The summed E-state index contributed by atoms with van der Waals surface area (Å²) in [6.45, 7) is 0. The molecule has 1 amide bonds. The first-order chi connectivity index (χ1) is 10.0. The minimum Gasteiger partial charge on any atom is -0.341 e. The molecular formula is C13H17F3N2O3S. The number of alkyl halides is 3. The van der Waals surface area contributed by atoms with E-state index in [0.717, 1.165) is 4.31 Å². The normalized spacial score (nSPS) is 13.9. The molecule has 1 N–H and O–H groups in total. The molecule has 124 valence electrons. The molecule has 5 nitrogen and oxygen atoms in total. The third kappa shape index (κ3) is 5.30. The van der Waals surface area contributed by atoms with Crippen molar-refractivity contribution < 1.29 is 26.4 Å². The van der Waals surface area contributed by atoms with Crippen LogP contribution >= 0.6 is 0 Å². The Morgan fingerprint density at radius 1 is 1.23 bits per heavy atom. The van der Waals surface area contributed by atoms with E-state index in [1.807, 2.05) is 5.32 Å². The molecule has 1 rings (SSSR count). The van der Waals surface area contributed by atoms with Gasteiger partial charge in [0.05, 0.1) is 5.75 Å². The summed E-state index contributed by atoms with van der Waals surface area (Å²) in [6.07, 6.45) is -5.21. The molecular weight excluding hydrogens is 321 g/mol. The summed E-state index contributed by atoms with van der Waals surface area (Å²) in [5.41, 5.74) is -0.112. The lowest BCUT2D eigenvalue weighted by Gasteiger charge is -2.22. The lowest BCUT2D eigenvalue weighted by atomic mass is 10.1. The number of carbonyl (C=O) groups is 1. The Kier molecular flexibility index (Phi) is 5.95. The van der Waals surface area contributed by atoms with Crippen molar-refractivity contribution in [2.45, 2.75) is 18.6 Å². The third-order valence-corrected chi connectivity index (χ3v) is 4.74. The van der Waals surface area contributed by atoms with Crippen LogP contribution in [0.2, 0.25) is 0 Å². The van der Waals surface area contributed by atoms with Crippen molar-refractivity contribution in [2.75, 3.05) is 19.8 Å². The van der Waals surface area contributed by atoms with Crippen molar-refractivity contribution in [1.82, 2.24) is 9.62 Å². The van der Waals surface area contributed by atoms with Crippen LogP contribution in [-0.2, 0) is 14.8 Å². The van der Waals surface area contributed by atoms with Gasteiger partial charge in [0.2, 0.25) is 15.9 Å². The Bertz CT molecular complexity index is 601. The summed E-state index contributed by atoms with van der Waals surface area (Å²) in [5.74, 6) is -1.53. The zero-order valence-electron chi connectivity index (χ0n) is 12.1. The molecule has 0 saturated carbocycles. The zero-order chi connectivity index (χ0) is 17.0. The smallest absolute Gasteiger partial charge is 0.341 e. The molecule has 0 aliphatic carbocycles. The fourth-order valence-electron chi connectivity index (χ4n) is 1.64. The van der Waals surface area contributed by atoms with E-state index in [4.69, 9.17) is 0 Å². The summed E-state index contributed by atoms with van der Waals surface area (Å²) < 4.78 is 63.0. The number of hydrogen-bond donors (Lipinski definition) is 1. The molecule has 1 aromatic rings. The van der Waals surface area contributed by atoms with Gasteiger partial charge in [-0.2, -0.15) is 13.2 Å². The topological polar surface area (TPSA) is 66.5 Å². The van der Waals surface area contributed by atoms with Crippen LogP contribution in [0.1, 0.15) is 18.0 Å². The van der Waals surface area contributed by atoms with E-state index in [1.165, 1.54) is 38.4 Å². The maximum atomic E-state index is 13.0. The van der Waals surface area contributed by atoms with Gasteiger partial charge in [-0.15, -0.1) is 0 Å². The molecule has 0 aromatic heterocycles. The number of hydrogen-bond acceptors (Lipinski definition) is 3. The third-order valence-electron chi connectivity index (χ3n) is 2.91. The van der Waals surface area contributed by atoms with Crippen LogP contribution in [0.4, 0.5) is 13.2 Å². The fraction of sp³-hybridized carbons (Fsp3) is 0.462. The monoisotopic (exact) mass is 338 g/mol. The highest BCUT2D eigenvalue weighted by molar-refractivity contribution is 7.89. The van der Waals surface area contributed by atoms with Crippen molar-refractivity contribution in [2.24, 2.45) is 0 Å². The minimum absolute atomic E-state index is 0.112. The van der Waals surface area contributed by atoms with Gasteiger partial charge in [0.1, 0.15) is 0 Å². The number of nitrogens with zero attached hydrogens (tertiary/aromatic N) is 1. The summed E-state index contributed by atoms with van der Waals surface area (Å²) in [6, 6.07) is 4.74. The van der Waals surface area contributed by atoms with E-state index in [0.29, 0.717) is 0 Å². The quantitative estimate of drug-likeness (QED) is 0.858. The predicted molar refractivity (Wildman–Crippen MR) is 75.5 cm³/mol. The number of amides is 1. The van der Waals surface area contributed by atoms with Gasteiger partial charge in [-0.3, -0.25) is 4.79 Å². The minimum atomic E-state index is -4.67. The molecule has 1 atom stereocenters. The number of rotatable bonds is 6. The average molecular weight is 338 g/mol. The van der Waals surface area contributed by atoms with Crippen LogP contribution in [0, 0.1) is 0 Å². The number of carbonyl (C=O) groups excluding carboxylic acids is 1. The molecule has 0 fully saturated rings. The molecule has 0 aliphatic heterocycles. The van der Waals surface area contributed by atoms with Crippen molar-refractivity contribution >= 4 is 15.9 Å². The van der Waals surface area contributed by atoms with Crippen LogP contribution in [-0.4, -0.2) is 44.7 Å². The van der Waals surface area contributed by atoms with Crippen molar-refractivity contribution in [3.05, 3.63) is 35.9 Å². The molecule has 1 aromatic carbocycles. The number of benzene rings is 1. The number of halogens is 3. The van der Waals surface area contributed by atoms with E-state index in [9.17, 15) is 26.4 Å². The van der Waals surface area contributed by atoms with Gasteiger partial charge in [0, 0.05) is 20.5 Å². The largest absolute Gasteiger partial charge is 0.412 e. The highest BCUT2D eigenvalue weighted by Crippen LogP contribution is 2.32. The second kappa shape index (κ2) is 7.10. The first-order valence-corrected chi connectivity index (χ1v) is 7.96. The molecule has 0 spiro atoms. The van der Waals surface area contributed by atoms with Gasteiger partial charge in [-0.25, -0.2) is 12.7 Å². The lowest BCUT2D eigenvalue weighted by Crippen LogP contribution is -2.39. The Hall–Kier alpha value is -1.61. The van der Waals surface area contributed by atoms with Gasteiger partial charge in [0.25, 0.3) is 0 Å². The SMILES string of the molecule is CN(C)S(=O)(=O)CCC(=O)N[C@H](c1ccccc1)C(F)(F)F. The number of sulfonamides is 1. The van der Waals surface area contributed by atoms with Gasteiger partial charge >= 0.3 is 6.18 Å². The first-order valence-electron chi connectivity index (χ1n) is 6.35. The van der Waals surface area contributed by atoms with Crippen LogP contribution < -0.4 is 5.32 Å². The Labute approximate surface area is 127 Å². The highest BCUT2D eigenvalue weighted by atomic mass is 32.2. The van der Waals surface area contributed by atoms with Crippen LogP contribution in [0.3, 0.4) is 0 Å². The van der Waals surface area contributed by atoms with E-state index in [-0.39, 0.29) is 5.56 Å². The van der Waals surface area contributed by atoms with Crippen LogP contribution in [0.25, 0.3) is 0 Å². The van der Waals surface area contributed by atoms with Gasteiger partial charge in [0.15, 0.2) is 6.04 Å².